The van der Waals surface area contributed by atoms with Gasteiger partial charge < -0.3 is 5.32 Å². The number of benzene rings is 2. The second-order valence-corrected chi connectivity index (χ2v) is 8.86. The molecule has 5 aromatic rings. The van der Waals surface area contributed by atoms with Crippen molar-refractivity contribution in [2.24, 2.45) is 0 Å². The van der Waals surface area contributed by atoms with E-state index in [1.165, 1.54) is 35.2 Å². The Morgan fingerprint density at radius 2 is 1.82 bits per heavy atom. The Morgan fingerprint density at radius 1 is 1.03 bits per heavy atom. The molecule has 2 aromatic carbocycles. The van der Waals surface area contributed by atoms with E-state index in [0.29, 0.717) is 16.6 Å². The molecule has 0 aliphatic rings. The lowest BCUT2D eigenvalue weighted by Gasteiger charge is -2.09. The number of amides is 1. The molecule has 3 aromatic heterocycles. The van der Waals surface area contributed by atoms with E-state index in [9.17, 15) is 18.0 Å². The van der Waals surface area contributed by atoms with Gasteiger partial charge in [0, 0.05) is 11.1 Å². The number of alkyl halides is 3. The summed E-state index contributed by atoms with van der Waals surface area (Å²) in [5.74, 6) is 0.191. The third-order valence-electron chi connectivity index (χ3n) is 4.72. The number of aromatic nitrogens is 4. The van der Waals surface area contributed by atoms with E-state index in [0.717, 1.165) is 27.9 Å². The van der Waals surface area contributed by atoms with E-state index in [1.807, 2.05) is 41.8 Å². The number of thioether (sulfide) groups is 1. The first kappa shape index (κ1) is 21.4. The molecule has 0 bridgehead atoms. The normalized spacial score (nSPS) is 11.8. The molecule has 166 valence electrons. The lowest BCUT2D eigenvalue weighted by molar-refractivity contribution is -0.137. The van der Waals surface area contributed by atoms with Crippen LogP contribution in [0, 0.1) is 0 Å². The maximum Gasteiger partial charge on any atom is 0.416 e. The lowest BCUT2D eigenvalue weighted by atomic mass is 10.2. The lowest BCUT2D eigenvalue weighted by Crippen LogP contribution is -2.15. The van der Waals surface area contributed by atoms with Gasteiger partial charge in [-0.15, -0.1) is 16.4 Å². The summed E-state index contributed by atoms with van der Waals surface area (Å²) < 4.78 is 39.8. The quantitative estimate of drug-likeness (QED) is 0.253. The fourth-order valence-corrected chi connectivity index (χ4v) is 4.60. The van der Waals surface area contributed by atoms with Crippen molar-refractivity contribution in [2.45, 2.75) is 11.3 Å². The molecule has 0 saturated carbocycles. The van der Waals surface area contributed by atoms with Crippen LogP contribution < -0.4 is 5.32 Å². The number of carbonyl (C=O) groups is 1. The summed E-state index contributed by atoms with van der Waals surface area (Å²) >= 11 is 2.70. The van der Waals surface area contributed by atoms with Crippen LogP contribution in [-0.4, -0.2) is 31.2 Å². The fourth-order valence-electron chi connectivity index (χ4n) is 3.20. The van der Waals surface area contributed by atoms with Gasteiger partial charge in [-0.1, -0.05) is 30.0 Å². The van der Waals surface area contributed by atoms with E-state index in [-0.39, 0.29) is 17.3 Å². The number of hydrogen-bond acceptors (Lipinski definition) is 6. The number of para-hydroxylation sites is 1. The van der Waals surface area contributed by atoms with Crippen LogP contribution in [0.3, 0.4) is 0 Å². The summed E-state index contributed by atoms with van der Waals surface area (Å²) in [5, 5.41) is 10.5. The van der Waals surface area contributed by atoms with Gasteiger partial charge in [0.05, 0.1) is 21.7 Å². The summed E-state index contributed by atoms with van der Waals surface area (Å²) in [6.07, 6.45) is -4.43. The number of carbonyl (C=O) groups excluding carboxylic acids is 1. The second-order valence-electron chi connectivity index (χ2n) is 6.97. The molecule has 3 heterocycles. The number of thiophene rings is 1. The molecule has 1 N–H and O–H groups in total. The van der Waals surface area contributed by atoms with Gasteiger partial charge in [-0.05, 0) is 47.8 Å². The average Bonchev–Trinajstić information content (AvgIpc) is 3.47. The summed E-state index contributed by atoms with van der Waals surface area (Å²) in [4.78, 5) is 22.7. The molecule has 0 saturated heterocycles. The smallest absolute Gasteiger partial charge is 0.325 e. The minimum atomic E-state index is -4.43. The highest BCUT2D eigenvalue weighted by Crippen LogP contribution is 2.30. The largest absolute Gasteiger partial charge is 0.416 e. The highest BCUT2D eigenvalue weighted by Gasteiger charge is 2.30. The van der Waals surface area contributed by atoms with Crippen molar-refractivity contribution in [3.05, 3.63) is 71.6 Å². The first-order valence-electron chi connectivity index (χ1n) is 9.68. The average molecular weight is 486 g/mol. The molecule has 5 rings (SSSR count). The second kappa shape index (κ2) is 8.49. The van der Waals surface area contributed by atoms with Crippen molar-refractivity contribution < 1.29 is 18.0 Å². The van der Waals surface area contributed by atoms with Crippen molar-refractivity contribution >= 4 is 51.2 Å². The van der Waals surface area contributed by atoms with E-state index in [1.54, 1.807) is 4.52 Å². The zero-order chi connectivity index (χ0) is 23.0. The predicted octanol–water partition coefficient (Wildman–Crippen LogP) is 5.76. The van der Waals surface area contributed by atoms with Crippen LogP contribution in [0.1, 0.15) is 5.56 Å². The van der Waals surface area contributed by atoms with Crippen molar-refractivity contribution in [3.63, 3.8) is 0 Å². The molecule has 0 radical (unpaired) electrons. The number of nitrogens with zero attached hydrogens (tertiary/aromatic N) is 4. The molecule has 1 amide bonds. The number of fused-ring (bicyclic) bond motifs is 3. The molecule has 33 heavy (non-hydrogen) atoms. The standard InChI is InChI=1S/C22H14F3N5OS2/c23-22(24,25)13-7-9-14(10-8-13)26-18(31)12-33-21-27-16-5-2-1-4-15(16)20-28-19(29-30(20)21)17-6-3-11-32-17/h1-11H,12H2,(H,26,31). The van der Waals surface area contributed by atoms with Gasteiger partial charge in [-0.3, -0.25) is 4.79 Å². The number of hydrogen-bond donors (Lipinski definition) is 1. The highest BCUT2D eigenvalue weighted by atomic mass is 32.2. The molecule has 0 atom stereocenters. The maximum absolute atomic E-state index is 12.7. The van der Waals surface area contributed by atoms with Crippen molar-refractivity contribution in [1.29, 1.82) is 0 Å². The van der Waals surface area contributed by atoms with E-state index >= 15 is 0 Å². The Bertz CT molecular complexity index is 1450. The molecule has 0 fully saturated rings. The van der Waals surface area contributed by atoms with Crippen LogP contribution in [0.15, 0.2) is 71.2 Å². The summed E-state index contributed by atoms with van der Waals surface area (Å²) in [6.45, 7) is 0. The molecule has 6 nitrogen and oxygen atoms in total. The summed E-state index contributed by atoms with van der Waals surface area (Å²) in [7, 11) is 0. The number of rotatable bonds is 5. The van der Waals surface area contributed by atoms with Crippen molar-refractivity contribution in [3.8, 4) is 10.7 Å². The minimum Gasteiger partial charge on any atom is -0.325 e. The minimum absolute atomic E-state index is 0.00431. The number of nitrogens with one attached hydrogen (secondary N) is 1. The van der Waals surface area contributed by atoms with Crippen LogP contribution >= 0.6 is 23.1 Å². The predicted molar refractivity (Wildman–Crippen MR) is 122 cm³/mol. The van der Waals surface area contributed by atoms with Crippen LogP contribution in [0.4, 0.5) is 18.9 Å². The Morgan fingerprint density at radius 3 is 2.55 bits per heavy atom. The third-order valence-corrected chi connectivity index (χ3v) is 6.51. The maximum atomic E-state index is 12.7. The monoisotopic (exact) mass is 485 g/mol. The molecular formula is C22H14F3N5OS2. The SMILES string of the molecule is O=C(CSc1nc2ccccc2c2nc(-c3cccs3)nn12)Nc1ccc(C(F)(F)F)cc1. The molecule has 0 aliphatic heterocycles. The van der Waals surface area contributed by atoms with Crippen molar-refractivity contribution in [2.75, 3.05) is 11.1 Å². The van der Waals surface area contributed by atoms with Crippen LogP contribution in [0.25, 0.3) is 27.3 Å². The topological polar surface area (TPSA) is 72.2 Å². The Balaban J connectivity index is 1.39. The van der Waals surface area contributed by atoms with E-state index in [4.69, 9.17) is 0 Å². The van der Waals surface area contributed by atoms with Gasteiger partial charge in [-0.25, -0.2) is 9.97 Å². The van der Waals surface area contributed by atoms with E-state index < -0.39 is 11.7 Å². The number of halogens is 3. The van der Waals surface area contributed by atoms with E-state index in [2.05, 4.69) is 20.4 Å². The summed E-state index contributed by atoms with van der Waals surface area (Å²) in [6, 6.07) is 15.7. The first-order chi connectivity index (χ1) is 15.9. The van der Waals surface area contributed by atoms with Crippen LogP contribution in [-0.2, 0) is 11.0 Å². The Hall–Kier alpha value is -3.44. The Kier molecular flexibility index (Phi) is 5.51. The highest BCUT2D eigenvalue weighted by molar-refractivity contribution is 7.99. The molecule has 0 aliphatic carbocycles. The van der Waals surface area contributed by atoms with Gasteiger partial charge in [0.15, 0.2) is 16.6 Å². The zero-order valence-corrected chi connectivity index (χ0v) is 18.3. The van der Waals surface area contributed by atoms with Gasteiger partial charge in [0.1, 0.15) is 0 Å². The molecule has 0 unspecified atom stereocenters. The number of anilines is 1. The van der Waals surface area contributed by atoms with Gasteiger partial charge in [0.2, 0.25) is 5.91 Å². The van der Waals surface area contributed by atoms with Crippen molar-refractivity contribution in [1.82, 2.24) is 19.6 Å². The summed E-state index contributed by atoms with van der Waals surface area (Å²) in [5.41, 5.74) is 0.867. The Labute approximate surface area is 193 Å². The fraction of sp³-hybridized carbons (Fsp3) is 0.0909. The first-order valence-corrected chi connectivity index (χ1v) is 11.5. The van der Waals surface area contributed by atoms with Gasteiger partial charge in [0.25, 0.3) is 0 Å². The molecule has 11 heteroatoms. The van der Waals surface area contributed by atoms with Gasteiger partial charge in [-0.2, -0.15) is 17.7 Å². The van der Waals surface area contributed by atoms with Crippen LogP contribution in [0.5, 0.6) is 0 Å². The molecule has 0 spiro atoms. The van der Waals surface area contributed by atoms with Gasteiger partial charge >= 0.3 is 6.18 Å². The molecular weight excluding hydrogens is 471 g/mol. The van der Waals surface area contributed by atoms with Crippen LogP contribution in [0.2, 0.25) is 0 Å². The third kappa shape index (κ3) is 4.41. The zero-order valence-electron chi connectivity index (χ0n) is 16.7.